The van der Waals surface area contributed by atoms with Gasteiger partial charge < -0.3 is 11.5 Å². The molecule has 5 heteroatoms. The number of rotatable bonds is 2. The summed E-state index contributed by atoms with van der Waals surface area (Å²) in [7, 11) is 9.75. The zero-order chi connectivity index (χ0) is 11.0. The normalized spacial score (nSPS) is 32.2. The first kappa shape index (κ1) is 15.2. The third-order valence-corrected chi connectivity index (χ3v) is 2.66. The van der Waals surface area contributed by atoms with Crippen molar-refractivity contribution in [2.75, 3.05) is 0 Å². The molecule has 0 aliphatic heterocycles. The van der Waals surface area contributed by atoms with Gasteiger partial charge in [-0.1, -0.05) is 39.0 Å². The van der Waals surface area contributed by atoms with Crippen LogP contribution in [0.5, 0.6) is 0 Å². The summed E-state index contributed by atoms with van der Waals surface area (Å²) in [5.74, 6) is 0.754. The van der Waals surface area contributed by atoms with E-state index in [0.717, 1.165) is 18.8 Å². The first-order chi connectivity index (χ1) is 6.65. The molecule has 3 atom stereocenters. The molecule has 0 bridgehead atoms. The van der Waals surface area contributed by atoms with E-state index in [-0.39, 0.29) is 12.1 Å². The van der Waals surface area contributed by atoms with Gasteiger partial charge in [0, 0.05) is 0 Å². The number of nitrogens with one attached hydrogen (secondary N) is 2. The number of halogens is 2. The monoisotopic (exact) mass is 419 g/mol. The van der Waals surface area contributed by atoms with Crippen molar-refractivity contribution >= 4 is 18.8 Å². The fourth-order valence-electron chi connectivity index (χ4n) is 1.93. The van der Waals surface area contributed by atoms with Gasteiger partial charge >= 0.3 is 35.3 Å². The summed E-state index contributed by atoms with van der Waals surface area (Å²) in [6, 6.07) is -0.191. The van der Waals surface area contributed by atoms with E-state index in [0.29, 0.717) is 0 Å². The zero-order valence-electron chi connectivity index (χ0n) is 8.34. The molecule has 0 radical (unpaired) electrons. The van der Waals surface area contributed by atoms with Crippen molar-refractivity contribution in [2.45, 2.75) is 51.1 Å². The average molecular weight is 420 g/mol. The topological polar surface area (TPSA) is 47.6 Å². The van der Waals surface area contributed by atoms with Crippen molar-refractivity contribution < 1.29 is 16.5 Å². The maximum atomic E-state index is 7.60. The van der Waals surface area contributed by atoms with Crippen LogP contribution in [0.2, 0.25) is 0 Å². The molecule has 2 N–H and O–H groups in total. The van der Waals surface area contributed by atoms with Crippen molar-refractivity contribution in [3.63, 3.8) is 0 Å². The molecule has 2 nitrogen and oxygen atoms in total. The van der Waals surface area contributed by atoms with E-state index >= 15 is 0 Å². The second-order valence-corrected chi connectivity index (χ2v) is 7.01. The van der Waals surface area contributed by atoms with Gasteiger partial charge in [-0.3, -0.25) is 0 Å². The second-order valence-electron chi connectivity index (χ2n) is 3.73. The Morgan fingerprint density at radius 2 is 1.79 bits per heavy atom. The Morgan fingerprint density at radius 1 is 1.21 bits per heavy atom. The van der Waals surface area contributed by atoms with E-state index in [9.17, 15) is 0 Å². The van der Waals surface area contributed by atoms with Crippen LogP contribution >= 0.6 is 18.8 Å². The molecule has 1 saturated carbocycles. The minimum absolute atomic E-state index is 0.0943. The summed E-state index contributed by atoms with van der Waals surface area (Å²) < 4.78 is 0. The molecule has 88 valence electrons. The van der Waals surface area contributed by atoms with Crippen molar-refractivity contribution in [3.8, 4) is 0 Å². The molecule has 1 aliphatic carbocycles. The molecule has 0 saturated heterocycles. The molecule has 0 spiro atoms. The van der Waals surface area contributed by atoms with E-state index in [1.165, 1.54) is 19.3 Å². The van der Waals surface area contributed by atoms with Gasteiger partial charge in [-0.05, 0) is 5.92 Å². The summed E-state index contributed by atoms with van der Waals surface area (Å²) in [5.41, 5.74) is 15.1. The molecule has 1 aliphatic rings. The van der Waals surface area contributed by atoms with Crippen LogP contribution in [0.15, 0.2) is 0 Å². The summed E-state index contributed by atoms with van der Waals surface area (Å²) >= 11 is -0.472. The number of hydrogen-bond acceptors (Lipinski definition) is 0. The van der Waals surface area contributed by atoms with Crippen molar-refractivity contribution in [2.24, 2.45) is 5.92 Å². The molecule has 1 fully saturated rings. The van der Waals surface area contributed by atoms with Crippen molar-refractivity contribution in [1.29, 1.82) is 0 Å². The van der Waals surface area contributed by atoms with E-state index in [1.807, 2.05) is 0 Å². The molecule has 1 rings (SSSR count). The van der Waals surface area contributed by atoms with E-state index < -0.39 is 16.5 Å². The summed E-state index contributed by atoms with van der Waals surface area (Å²) in [5, 5.41) is 0. The molecule has 0 aromatic carbocycles. The molecule has 0 aromatic heterocycles. The third-order valence-electron chi connectivity index (χ3n) is 2.66. The van der Waals surface area contributed by atoms with Crippen LogP contribution in [0.3, 0.4) is 0 Å². The minimum atomic E-state index is -0.472. The Hall–Kier alpha value is 1.19. The van der Waals surface area contributed by atoms with Crippen LogP contribution in [0, 0.1) is 5.92 Å². The molecular formula is C9H18Cl2N2Pt. The Balaban J connectivity index is 0.000000500. The number of hydrogen-bond donors (Lipinski definition) is 0. The van der Waals surface area contributed by atoms with Crippen LogP contribution in [0.4, 0.5) is 0 Å². The van der Waals surface area contributed by atoms with Gasteiger partial charge in [-0.25, -0.2) is 0 Å². The quantitative estimate of drug-likeness (QED) is 0.616. The van der Waals surface area contributed by atoms with Crippen LogP contribution in [0.1, 0.15) is 39.0 Å². The molecule has 3 unspecified atom stereocenters. The fourth-order valence-corrected chi connectivity index (χ4v) is 1.93. The van der Waals surface area contributed by atoms with E-state index in [1.54, 1.807) is 0 Å². The van der Waals surface area contributed by atoms with Crippen molar-refractivity contribution in [3.05, 3.63) is 11.5 Å². The molecule has 0 heterocycles. The maximum absolute atomic E-state index is 7.60. The molecular weight excluding hydrogens is 402 g/mol. The van der Waals surface area contributed by atoms with Gasteiger partial charge in [-0.15, -0.1) is 0 Å². The van der Waals surface area contributed by atoms with E-state index in [2.05, 4.69) is 6.92 Å². The van der Waals surface area contributed by atoms with Gasteiger partial charge in [0.25, 0.3) is 0 Å². The van der Waals surface area contributed by atoms with Crippen molar-refractivity contribution in [1.82, 2.24) is 0 Å². The Morgan fingerprint density at radius 3 is 2.21 bits per heavy atom. The molecule has 0 amide bonds. The average Bonchev–Trinajstić information content (AvgIpc) is 2.13. The first-order valence-corrected chi connectivity index (χ1v) is 10.5. The van der Waals surface area contributed by atoms with E-state index in [4.69, 9.17) is 30.3 Å². The van der Waals surface area contributed by atoms with Crippen LogP contribution in [-0.4, -0.2) is 12.1 Å². The first-order valence-electron chi connectivity index (χ1n) is 4.90. The van der Waals surface area contributed by atoms with Crippen LogP contribution in [0.25, 0.3) is 11.5 Å². The Kier molecular flexibility index (Phi) is 10.2. The van der Waals surface area contributed by atoms with Crippen LogP contribution < -0.4 is 0 Å². The predicted octanol–water partition coefficient (Wildman–Crippen LogP) is 4.80. The SMILES string of the molecule is CCCC1CCC([NH-])C([NH-])C1.[Cl][Pt+2][Cl]. The zero-order valence-corrected chi connectivity index (χ0v) is 12.1. The summed E-state index contributed by atoms with van der Waals surface area (Å²) in [6.07, 6.45) is 5.63. The van der Waals surface area contributed by atoms with Gasteiger partial charge in [0.1, 0.15) is 0 Å². The van der Waals surface area contributed by atoms with Gasteiger partial charge in [-0.2, -0.15) is 12.1 Å². The standard InChI is InChI=1S/C9H18N2.2ClH.Pt/c1-2-3-7-4-5-8(10)9(11)6-7;;;/h7-11H,2-6H2,1H3;2*1H;/q-2;;;+4/p-2. The van der Waals surface area contributed by atoms with Gasteiger partial charge in [0.15, 0.2) is 0 Å². The second kappa shape index (κ2) is 9.42. The fraction of sp³-hybridized carbons (Fsp3) is 1.00. The molecule has 14 heavy (non-hydrogen) atoms. The van der Waals surface area contributed by atoms with Crippen LogP contribution in [-0.2, 0) is 16.5 Å². The summed E-state index contributed by atoms with van der Waals surface area (Å²) in [6.45, 7) is 2.20. The molecule has 0 aromatic rings. The Bertz CT molecular complexity index is 138. The Labute approximate surface area is 103 Å². The predicted molar refractivity (Wildman–Crippen MR) is 60.2 cm³/mol. The third kappa shape index (κ3) is 6.63. The van der Waals surface area contributed by atoms with Gasteiger partial charge in [0.2, 0.25) is 0 Å². The summed E-state index contributed by atoms with van der Waals surface area (Å²) in [4.78, 5) is 0. The van der Waals surface area contributed by atoms with Gasteiger partial charge in [0.05, 0.1) is 0 Å².